The number of amides is 1. The van der Waals surface area contributed by atoms with Gasteiger partial charge in [-0.1, -0.05) is 12.1 Å². The van der Waals surface area contributed by atoms with Crippen molar-refractivity contribution < 1.29 is 22.8 Å². The summed E-state index contributed by atoms with van der Waals surface area (Å²) in [4.78, 5) is 22.0. The third-order valence-corrected chi connectivity index (χ3v) is 2.27. The van der Waals surface area contributed by atoms with Crippen molar-refractivity contribution in [2.75, 3.05) is 7.05 Å². The summed E-state index contributed by atoms with van der Waals surface area (Å²) in [6.45, 7) is 0. The van der Waals surface area contributed by atoms with Crippen LogP contribution in [-0.2, 0) is 4.79 Å². The third-order valence-electron chi connectivity index (χ3n) is 2.27. The van der Waals surface area contributed by atoms with Crippen LogP contribution in [0.4, 0.5) is 13.2 Å². The van der Waals surface area contributed by atoms with Crippen LogP contribution in [0.25, 0.3) is 5.70 Å². The lowest BCUT2D eigenvalue weighted by molar-refractivity contribution is -0.165. The molecular formula is C12H11F3N2O2. The van der Waals surface area contributed by atoms with Crippen molar-refractivity contribution in [1.29, 1.82) is 0 Å². The number of nitrogens with two attached hydrogens (primary N) is 1. The number of hydrogen-bond acceptors (Lipinski definition) is 3. The zero-order valence-electron chi connectivity index (χ0n) is 9.91. The molecule has 1 amide bonds. The Balaban J connectivity index is 2.96. The van der Waals surface area contributed by atoms with Gasteiger partial charge in [-0.05, 0) is 17.7 Å². The summed E-state index contributed by atoms with van der Waals surface area (Å²) >= 11 is 0. The number of halogens is 3. The predicted molar refractivity (Wildman–Crippen MR) is 63.1 cm³/mol. The quantitative estimate of drug-likeness (QED) is 0.818. The Kier molecular flexibility index (Phi) is 4.31. The molecule has 1 aromatic carbocycles. The van der Waals surface area contributed by atoms with E-state index in [4.69, 9.17) is 5.73 Å². The largest absolute Gasteiger partial charge is 0.454 e. The van der Waals surface area contributed by atoms with Crippen LogP contribution in [0.1, 0.15) is 15.9 Å². The normalized spacial score (nSPS) is 12.1. The van der Waals surface area contributed by atoms with E-state index in [2.05, 4.69) is 5.32 Å². The zero-order chi connectivity index (χ0) is 14.6. The molecule has 1 rings (SSSR count). The molecule has 4 nitrogen and oxygen atoms in total. The van der Waals surface area contributed by atoms with Crippen molar-refractivity contribution in [3.05, 3.63) is 41.5 Å². The highest BCUT2D eigenvalue weighted by Gasteiger charge is 2.36. The van der Waals surface area contributed by atoms with Crippen molar-refractivity contribution in [1.82, 2.24) is 5.32 Å². The first kappa shape index (κ1) is 14.7. The molecule has 0 atom stereocenters. The summed E-state index contributed by atoms with van der Waals surface area (Å²) in [5.74, 6) is -2.36. The summed E-state index contributed by atoms with van der Waals surface area (Å²) in [6.07, 6.45) is -4.64. The van der Waals surface area contributed by atoms with Gasteiger partial charge in [0.15, 0.2) is 0 Å². The summed E-state index contributed by atoms with van der Waals surface area (Å²) in [5, 5.41) is 2.39. The topological polar surface area (TPSA) is 72.2 Å². The monoisotopic (exact) mass is 272 g/mol. The van der Waals surface area contributed by atoms with Crippen molar-refractivity contribution in [3.8, 4) is 0 Å². The Labute approximate surface area is 107 Å². The number of benzene rings is 1. The zero-order valence-corrected chi connectivity index (χ0v) is 9.91. The lowest BCUT2D eigenvalue weighted by atomic mass is 10.1. The van der Waals surface area contributed by atoms with Crippen molar-refractivity contribution >= 4 is 17.4 Å². The number of alkyl halides is 3. The number of hydrogen-bond donors (Lipinski definition) is 2. The fourth-order valence-corrected chi connectivity index (χ4v) is 1.26. The van der Waals surface area contributed by atoms with Crippen LogP contribution < -0.4 is 11.1 Å². The van der Waals surface area contributed by atoms with Gasteiger partial charge in [-0.15, -0.1) is 0 Å². The highest BCUT2D eigenvalue weighted by molar-refractivity contribution is 6.00. The first-order valence-electron chi connectivity index (χ1n) is 5.16. The number of nitrogens with one attached hydrogen (secondary N) is 1. The minimum absolute atomic E-state index is 0.227. The Morgan fingerprint density at radius 1 is 1.16 bits per heavy atom. The molecule has 0 saturated carbocycles. The molecule has 102 valence electrons. The number of allylic oxidation sites excluding steroid dienone is 1. The summed E-state index contributed by atoms with van der Waals surface area (Å²) in [6, 6.07) is 5.51. The highest BCUT2D eigenvalue weighted by atomic mass is 19.4. The second kappa shape index (κ2) is 5.55. The van der Waals surface area contributed by atoms with Crippen molar-refractivity contribution in [2.45, 2.75) is 6.18 Å². The third kappa shape index (κ3) is 3.84. The maximum absolute atomic E-state index is 12.0. The molecule has 0 unspecified atom stereocenters. The summed E-state index contributed by atoms with van der Waals surface area (Å²) in [7, 11) is 1.45. The van der Waals surface area contributed by atoms with E-state index in [1.54, 1.807) is 0 Å². The summed E-state index contributed by atoms with van der Waals surface area (Å²) < 4.78 is 36.1. The molecule has 0 fully saturated rings. The molecule has 19 heavy (non-hydrogen) atoms. The van der Waals surface area contributed by atoms with Gasteiger partial charge in [0.05, 0.1) is 0 Å². The van der Waals surface area contributed by atoms with Crippen molar-refractivity contribution in [2.24, 2.45) is 5.73 Å². The van der Waals surface area contributed by atoms with E-state index in [0.717, 1.165) is 0 Å². The van der Waals surface area contributed by atoms with E-state index in [1.807, 2.05) is 0 Å². The van der Waals surface area contributed by atoms with E-state index in [0.29, 0.717) is 11.6 Å². The van der Waals surface area contributed by atoms with Gasteiger partial charge < -0.3 is 11.1 Å². The summed E-state index contributed by atoms with van der Waals surface area (Å²) in [5.41, 5.74) is 5.64. The van der Waals surface area contributed by atoms with Crippen LogP contribution in [0.5, 0.6) is 0 Å². The van der Waals surface area contributed by atoms with Crippen LogP contribution in [0.15, 0.2) is 30.3 Å². The molecular weight excluding hydrogens is 261 g/mol. The number of rotatable bonds is 3. The van der Waals surface area contributed by atoms with Gasteiger partial charge in [0, 0.05) is 24.4 Å². The van der Waals surface area contributed by atoms with Crippen LogP contribution in [0.2, 0.25) is 0 Å². The standard InChI is InChI=1S/C12H11F3N2O2/c1-17-11(19)8-4-2-7(3-5-8)9(16)6-10(18)12(13,14)15/h2-6H,16H2,1H3,(H,17,19). The molecule has 0 aliphatic rings. The maximum atomic E-state index is 12.0. The fraction of sp³-hybridized carbons (Fsp3) is 0.167. The molecule has 3 N–H and O–H groups in total. The maximum Gasteiger partial charge on any atom is 0.454 e. The minimum atomic E-state index is -4.95. The van der Waals surface area contributed by atoms with Crippen LogP contribution in [0, 0.1) is 0 Å². The van der Waals surface area contributed by atoms with Crippen LogP contribution >= 0.6 is 0 Å². The molecule has 1 aromatic rings. The minimum Gasteiger partial charge on any atom is -0.398 e. The Morgan fingerprint density at radius 2 is 1.63 bits per heavy atom. The van der Waals surface area contributed by atoms with Gasteiger partial charge >= 0.3 is 6.18 Å². The number of carbonyl (C=O) groups excluding carboxylic acids is 2. The smallest absolute Gasteiger partial charge is 0.398 e. The Hall–Kier alpha value is -2.31. The van der Waals surface area contributed by atoms with E-state index in [-0.39, 0.29) is 17.2 Å². The Bertz CT molecular complexity index is 519. The van der Waals surface area contributed by atoms with E-state index in [9.17, 15) is 22.8 Å². The first-order valence-corrected chi connectivity index (χ1v) is 5.16. The van der Waals surface area contributed by atoms with Gasteiger partial charge in [0.2, 0.25) is 0 Å². The van der Waals surface area contributed by atoms with Gasteiger partial charge in [0.1, 0.15) is 0 Å². The van der Waals surface area contributed by atoms with Crippen LogP contribution in [-0.4, -0.2) is 24.9 Å². The number of carbonyl (C=O) groups is 2. The molecule has 0 aliphatic carbocycles. The molecule has 7 heteroatoms. The molecule has 0 heterocycles. The highest BCUT2D eigenvalue weighted by Crippen LogP contribution is 2.19. The SMILES string of the molecule is CNC(=O)c1ccc(C(N)=CC(=O)C(F)(F)F)cc1. The van der Waals surface area contributed by atoms with Gasteiger partial charge in [0.25, 0.3) is 11.7 Å². The van der Waals surface area contributed by atoms with Gasteiger partial charge in [-0.3, -0.25) is 9.59 Å². The van der Waals surface area contributed by atoms with Crippen LogP contribution in [0.3, 0.4) is 0 Å². The van der Waals surface area contributed by atoms with Gasteiger partial charge in [-0.25, -0.2) is 0 Å². The molecule has 0 aromatic heterocycles. The van der Waals surface area contributed by atoms with E-state index < -0.39 is 12.0 Å². The average molecular weight is 272 g/mol. The van der Waals surface area contributed by atoms with E-state index >= 15 is 0 Å². The fourth-order valence-electron chi connectivity index (χ4n) is 1.26. The van der Waals surface area contributed by atoms with Gasteiger partial charge in [-0.2, -0.15) is 13.2 Å². The molecule has 0 aliphatic heterocycles. The number of ketones is 1. The molecule has 0 spiro atoms. The second-order valence-electron chi connectivity index (χ2n) is 3.62. The molecule has 0 saturated heterocycles. The lowest BCUT2D eigenvalue weighted by Crippen LogP contribution is -2.21. The second-order valence-corrected chi connectivity index (χ2v) is 3.62. The average Bonchev–Trinajstić information content (AvgIpc) is 2.36. The first-order chi connectivity index (χ1) is 8.75. The predicted octanol–water partition coefficient (Wildman–Crippen LogP) is 1.48. The molecule has 0 radical (unpaired) electrons. The Morgan fingerprint density at radius 3 is 2.05 bits per heavy atom. The lowest BCUT2D eigenvalue weighted by Gasteiger charge is -2.05. The van der Waals surface area contributed by atoms with E-state index in [1.165, 1.54) is 31.3 Å². The van der Waals surface area contributed by atoms with Crippen molar-refractivity contribution in [3.63, 3.8) is 0 Å². The molecule has 0 bridgehead atoms.